The van der Waals surface area contributed by atoms with Crippen molar-refractivity contribution in [1.82, 2.24) is 4.98 Å². The number of aromatic nitrogens is 1. The molecular formula is C25H30F5NO2. The summed E-state index contributed by atoms with van der Waals surface area (Å²) in [5, 5.41) is 22.2. The van der Waals surface area contributed by atoms with E-state index in [9.17, 15) is 32.2 Å². The Labute approximate surface area is 190 Å². The number of fused-ring (bicyclic) bond motifs is 1. The lowest BCUT2D eigenvalue weighted by Gasteiger charge is -2.37. The molecule has 0 bridgehead atoms. The first-order valence-corrected chi connectivity index (χ1v) is 11.1. The zero-order valence-electron chi connectivity index (χ0n) is 19.4. The van der Waals surface area contributed by atoms with Crippen LogP contribution in [0.2, 0.25) is 0 Å². The van der Waals surface area contributed by atoms with Crippen LogP contribution in [0.15, 0.2) is 24.3 Å². The molecule has 0 spiro atoms. The van der Waals surface area contributed by atoms with Gasteiger partial charge in [0.2, 0.25) is 0 Å². The highest BCUT2D eigenvalue weighted by Crippen LogP contribution is 2.46. The van der Waals surface area contributed by atoms with Crippen molar-refractivity contribution in [3.63, 3.8) is 0 Å². The van der Waals surface area contributed by atoms with E-state index < -0.39 is 29.9 Å². The number of hydrogen-bond acceptors (Lipinski definition) is 3. The van der Waals surface area contributed by atoms with Gasteiger partial charge in [-0.15, -0.1) is 0 Å². The van der Waals surface area contributed by atoms with Gasteiger partial charge in [-0.1, -0.05) is 58.9 Å². The highest BCUT2D eigenvalue weighted by molar-refractivity contribution is 5.48. The molecule has 2 unspecified atom stereocenters. The largest absolute Gasteiger partial charge is 0.458 e. The third-order valence-electron chi connectivity index (χ3n) is 6.34. The van der Waals surface area contributed by atoms with Crippen LogP contribution in [0.25, 0.3) is 0 Å². The predicted molar refractivity (Wildman–Crippen MR) is 115 cm³/mol. The quantitative estimate of drug-likeness (QED) is 0.489. The first-order valence-electron chi connectivity index (χ1n) is 11.1. The summed E-state index contributed by atoms with van der Waals surface area (Å²) in [7, 11) is 0. The Morgan fingerprint density at radius 3 is 2.15 bits per heavy atom. The van der Waals surface area contributed by atoms with Crippen molar-refractivity contribution in [3.05, 3.63) is 63.5 Å². The number of hydrogen-bond donors (Lipinski definition) is 2. The number of alkyl halides is 5. The van der Waals surface area contributed by atoms with Gasteiger partial charge in [-0.3, -0.25) is 4.98 Å². The molecule has 0 amide bonds. The molecule has 1 heterocycles. The monoisotopic (exact) mass is 471 g/mol. The zero-order chi connectivity index (χ0) is 24.9. The van der Waals surface area contributed by atoms with E-state index in [0.29, 0.717) is 48.2 Å². The van der Waals surface area contributed by atoms with E-state index in [0.717, 1.165) is 23.4 Å². The molecule has 2 aromatic rings. The summed E-state index contributed by atoms with van der Waals surface area (Å²) in [6, 6.07) is 3.55. The molecule has 0 saturated heterocycles. The smallest absolute Gasteiger partial charge is 0.388 e. The molecule has 1 aliphatic rings. The van der Waals surface area contributed by atoms with Gasteiger partial charge in [-0.05, 0) is 41.7 Å². The summed E-state index contributed by atoms with van der Waals surface area (Å²) in [6.07, 6.45) is -6.05. The average molecular weight is 472 g/mol. The minimum absolute atomic E-state index is 0.0822. The van der Waals surface area contributed by atoms with Crippen LogP contribution in [0.3, 0.4) is 0 Å². The van der Waals surface area contributed by atoms with Crippen molar-refractivity contribution in [2.75, 3.05) is 0 Å². The highest BCUT2D eigenvalue weighted by Gasteiger charge is 2.58. The van der Waals surface area contributed by atoms with Gasteiger partial charge >= 0.3 is 12.1 Å². The van der Waals surface area contributed by atoms with E-state index in [-0.39, 0.29) is 16.9 Å². The molecule has 8 heteroatoms. The topological polar surface area (TPSA) is 53.4 Å². The molecular weight excluding hydrogens is 441 g/mol. The van der Waals surface area contributed by atoms with Crippen LogP contribution in [0.5, 0.6) is 0 Å². The summed E-state index contributed by atoms with van der Waals surface area (Å²) >= 11 is 0. The standard InChI is InChI=1S/C25H30F5NO2/c1-6-16-19-17(11-23(4,5)12-18(19)32)31-21(13(2)3)20(16)22(33)14-7-9-15(10-8-14)24(26,27)25(28,29)30/h7-10,13,18,22,32-33H,6,11-12H2,1-5H3. The van der Waals surface area contributed by atoms with Gasteiger partial charge in [0.25, 0.3) is 0 Å². The number of halogens is 5. The van der Waals surface area contributed by atoms with E-state index in [2.05, 4.69) is 13.8 Å². The summed E-state index contributed by atoms with van der Waals surface area (Å²) in [5.74, 6) is -5.07. The fraction of sp³-hybridized carbons (Fsp3) is 0.560. The maximum Gasteiger partial charge on any atom is 0.458 e. The van der Waals surface area contributed by atoms with Crippen molar-refractivity contribution < 1.29 is 32.2 Å². The third kappa shape index (κ3) is 4.64. The fourth-order valence-corrected chi connectivity index (χ4v) is 4.75. The number of aliphatic hydroxyl groups excluding tert-OH is 2. The van der Waals surface area contributed by atoms with Gasteiger partial charge in [0.05, 0.1) is 6.10 Å². The first-order chi connectivity index (χ1) is 15.1. The van der Waals surface area contributed by atoms with Crippen LogP contribution in [0, 0.1) is 5.41 Å². The van der Waals surface area contributed by atoms with Gasteiger partial charge < -0.3 is 10.2 Å². The van der Waals surface area contributed by atoms with Gasteiger partial charge in [-0.2, -0.15) is 22.0 Å². The Balaban J connectivity index is 2.13. The summed E-state index contributed by atoms with van der Waals surface area (Å²) in [4.78, 5) is 4.81. The Morgan fingerprint density at radius 1 is 1.09 bits per heavy atom. The molecule has 3 rings (SSSR count). The minimum atomic E-state index is -5.71. The van der Waals surface area contributed by atoms with Crippen molar-refractivity contribution in [3.8, 4) is 0 Å². The third-order valence-corrected chi connectivity index (χ3v) is 6.34. The van der Waals surface area contributed by atoms with E-state index in [4.69, 9.17) is 4.98 Å². The summed E-state index contributed by atoms with van der Waals surface area (Å²) in [5.41, 5.74) is 2.20. The zero-order valence-corrected chi connectivity index (χ0v) is 19.4. The molecule has 2 N–H and O–H groups in total. The number of pyridine rings is 1. The maximum atomic E-state index is 13.7. The molecule has 1 aliphatic carbocycles. The first kappa shape index (κ1) is 25.6. The molecule has 182 valence electrons. The van der Waals surface area contributed by atoms with E-state index in [1.54, 1.807) is 0 Å². The average Bonchev–Trinajstić information content (AvgIpc) is 2.70. The molecule has 1 aromatic carbocycles. The van der Waals surface area contributed by atoms with Crippen LogP contribution in [0.1, 0.15) is 98.4 Å². The lowest BCUT2D eigenvalue weighted by molar-refractivity contribution is -0.289. The fourth-order valence-electron chi connectivity index (χ4n) is 4.75. The van der Waals surface area contributed by atoms with Crippen LogP contribution in [-0.2, 0) is 18.8 Å². The second kappa shape index (κ2) is 8.62. The molecule has 0 radical (unpaired) electrons. The number of aliphatic hydroxyl groups is 2. The van der Waals surface area contributed by atoms with Gasteiger partial charge in [-0.25, -0.2) is 0 Å². The molecule has 0 aliphatic heterocycles. The van der Waals surface area contributed by atoms with Gasteiger partial charge in [0, 0.05) is 28.1 Å². The number of nitrogens with zero attached hydrogens (tertiary/aromatic N) is 1. The van der Waals surface area contributed by atoms with Crippen molar-refractivity contribution in [2.45, 2.75) is 84.1 Å². The molecule has 0 saturated carbocycles. The molecule has 1 aromatic heterocycles. The lowest BCUT2D eigenvalue weighted by atomic mass is 9.72. The van der Waals surface area contributed by atoms with Gasteiger partial charge in [0.15, 0.2) is 0 Å². The summed E-state index contributed by atoms with van der Waals surface area (Å²) < 4.78 is 65.5. The normalized spacial score (nSPS) is 19.5. The molecule has 33 heavy (non-hydrogen) atoms. The number of benzene rings is 1. The predicted octanol–water partition coefficient (Wildman–Crippen LogP) is 6.51. The molecule has 0 fully saturated rings. The molecule has 3 nitrogen and oxygen atoms in total. The molecule has 2 atom stereocenters. The Kier molecular flexibility index (Phi) is 6.68. The second-order valence-corrected chi connectivity index (χ2v) is 9.92. The van der Waals surface area contributed by atoms with E-state index >= 15 is 0 Å². The number of rotatable bonds is 5. The Hall–Kier alpha value is -2.06. The van der Waals surface area contributed by atoms with Crippen molar-refractivity contribution in [2.24, 2.45) is 5.41 Å². The SMILES string of the molecule is CCc1c2c(nc(C(C)C)c1C(O)c1ccc(C(F)(F)C(F)(F)F)cc1)CC(C)(C)CC2O. The van der Waals surface area contributed by atoms with Crippen LogP contribution < -0.4 is 0 Å². The van der Waals surface area contributed by atoms with Crippen molar-refractivity contribution >= 4 is 0 Å². The highest BCUT2D eigenvalue weighted by atomic mass is 19.4. The lowest BCUT2D eigenvalue weighted by Crippen LogP contribution is -2.33. The van der Waals surface area contributed by atoms with Crippen molar-refractivity contribution in [1.29, 1.82) is 0 Å². The minimum Gasteiger partial charge on any atom is -0.388 e. The van der Waals surface area contributed by atoms with E-state index in [1.807, 2.05) is 20.8 Å². The Bertz CT molecular complexity index is 1010. The van der Waals surface area contributed by atoms with Crippen LogP contribution >= 0.6 is 0 Å². The van der Waals surface area contributed by atoms with Crippen LogP contribution in [-0.4, -0.2) is 21.4 Å². The van der Waals surface area contributed by atoms with Crippen LogP contribution in [0.4, 0.5) is 22.0 Å². The maximum absolute atomic E-state index is 13.7. The van der Waals surface area contributed by atoms with E-state index in [1.165, 1.54) is 0 Å². The second-order valence-electron chi connectivity index (χ2n) is 9.92. The summed E-state index contributed by atoms with van der Waals surface area (Å²) in [6.45, 7) is 9.85. The van der Waals surface area contributed by atoms with Gasteiger partial charge in [0.1, 0.15) is 6.10 Å². The Morgan fingerprint density at radius 2 is 1.67 bits per heavy atom.